The maximum Gasteiger partial charge on any atom is 0.407 e. The van der Waals surface area contributed by atoms with Crippen LogP contribution >= 0.6 is 24.0 Å². The Labute approximate surface area is 167 Å². The summed E-state index contributed by atoms with van der Waals surface area (Å²) in [5, 5.41) is 9.51. The number of aryl methyl sites for hydroxylation is 1. The molecule has 25 heavy (non-hydrogen) atoms. The van der Waals surface area contributed by atoms with Crippen LogP contribution in [0.5, 0.6) is 0 Å². The average Bonchev–Trinajstić information content (AvgIpc) is 3.40. The maximum atomic E-state index is 11.6. The van der Waals surface area contributed by atoms with Crippen molar-refractivity contribution in [1.82, 2.24) is 16.0 Å². The Balaban J connectivity index is 0.00000312. The van der Waals surface area contributed by atoms with Crippen LogP contribution in [0.3, 0.4) is 0 Å². The minimum atomic E-state index is -0.348. The lowest BCUT2D eigenvalue weighted by molar-refractivity contribution is 0.146. The van der Waals surface area contributed by atoms with Crippen molar-refractivity contribution in [3.8, 4) is 0 Å². The van der Waals surface area contributed by atoms with Crippen LogP contribution in [-0.2, 0) is 11.3 Å². The fraction of sp³-hybridized carbons (Fsp3) is 0.556. The Morgan fingerprint density at radius 1 is 1.28 bits per heavy atom. The van der Waals surface area contributed by atoms with Gasteiger partial charge in [-0.1, -0.05) is 29.8 Å². The lowest BCUT2D eigenvalue weighted by atomic mass is 10.1. The number of carbonyl (C=O) groups is 1. The third-order valence-electron chi connectivity index (χ3n) is 4.06. The molecule has 1 atom stereocenters. The van der Waals surface area contributed by atoms with Gasteiger partial charge in [0.15, 0.2) is 5.96 Å². The van der Waals surface area contributed by atoms with Gasteiger partial charge in [-0.05, 0) is 38.2 Å². The third-order valence-corrected chi connectivity index (χ3v) is 4.06. The van der Waals surface area contributed by atoms with Crippen LogP contribution in [0.1, 0.15) is 30.9 Å². The van der Waals surface area contributed by atoms with Crippen molar-refractivity contribution in [2.75, 3.05) is 20.2 Å². The van der Waals surface area contributed by atoms with Crippen LogP contribution in [0, 0.1) is 12.8 Å². The SMILES string of the molecule is CCOC(=O)NC(CNC(=NC)NCc1ccc(C)cc1)C1CC1.I. The average molecular weight is 460 g/mol. The summed E-state index contributed by atoms with van der Waals surface area (Å²) in [7, 11) is 1.75. The Bertz CT molecular complexity index is 559. The highest BCUT2D eigenvalue weighted by Gasteiger charge is 2.32. The number of hydrogen-bond acceptors (Lipinski definition) is 3. The van der Waals surface area contributed by atoms with Gasteiger partial charge in [-0.3, -0.25) is 4.99 Å². The highest BCUT2D eigenvalue weighted by Crippen LogP contribution is 2.32. The molecule has 1 aliphatic carbocycles. The minimum Gasteiger partial charge on any atom is -0.450 e. The Kier molecular flexibility index (Phi) is 9.62. The molecule has 0 spiro atoms. The molecular weight excluding hydrogens is 431 g/mol. The fourth-order valence-electron chi connectivity index (χ4n) is 2.48. The van der Waals surface area contributed by atoms with Gasteiger partial charge in [0.2, 0.25) is 0 Å². The van der Waals surface area contributed by atoms with E-state index in [0.717, 1.165) is 18.8 Å². The van der Waals surface area contributed by atoms with E-state index < -0.39 is 0 Å². The normalized spacial score (nSPS) is 14.9. The molecule has 0 radical (unpaired) electrons. The van der Waals surface area contributed by atoms with E-state index in [-0.39, 0.29) is 36.1 Å². The van der Waals surface area contributed by atoms with Crippen LogP contribution in [0.4, 0.5) is 4.79 Å². The minimum absolute atomic E-state index is 0. The standard InChI is InChI=1S/C18H28N4O2.HI/c1-4-24-18(23)22-16(15-9-10-15)12-21-17(19-3)20-11-14-7-5-13(2)6-8-14;/h5-8,15-16H,4,9-12H2,1-3H3,(H,22,23)(H2,19,20,21);1H. The fourth-order valence-corrected chi connectivity index (χ4v) is 2.48. The molecule has 7 heteroatoms. The number of guanidine groups is 1. The highest BCUT2D eigenvalue weighted by atomic mass is 127. The first kappa shape index (κ1) is 21.5. The summed E-state index contributed by atoms with van der Waals surface area (Å²) in [6.07, 6.45) is 1.95. The van der Waals surface area contributed by atoms with E-state index in [2.05, 4.69) is 52.1 Å². The first-order chi connectivity index (χ1) is 11.6. The lowest BCUT2D eigenvalue weighted by Gasteiger charge is -2.20. The van der Waals surface area contributed by atoms with Crippen molar-refractivity contribution >= 4 is 36.0 Å². The molecule has 6 nitrogen and oxygen atoms in total. The summed E-state index contributed by atoms with van der Waals surface area (Å²) in [5.74, 6) is 1.25. The van der Waals surface area contributed by atoms with Gasteiger partial charge in [-0.2, -0.15) is 0 Å². The van der Waals surface area contributed by atoms with E-state index in [1.54, 1.807) is 14.0 Å². The Morgan fingerprint density at radius 2 is 1.96 bits per heavy atom. The predicted octanol–water partition coefficient (Wildman–Crippen LogP) is 2.80. The van der Waals surface area contributed by atoms with Crippen LogP contribution < -0.4 is 16.0 Å². The lowest BCUT2D eigenvalue weighted by Crippen LogP contribution is -2.48. The van der Waals surface area contributed by atoms with Crippen LogP contribution in [0.25, 0.3) is 0 Å². The molecule has 0 heterocycles. The number of carbonyl (C=O) groups excluding carboxylic acids is 1. The molecule has 0 saturated heterocycles. The van der Waals surface area contributed by atoms with Gasteiger partial charge < -0.3 is 20.7 Å². The molecule has 0 aliphatic heterocycles. The molecule has 1 aromatic rings. The quantitative estimate of drug-likeness (QED) is 0.333. The maximum absolute atomic E-state index is 11.6. The van der Waals surface area contributed by atoms with Crippen LogP contribution in [0.2, 0.25) is 0 Å². The summed E-state index contributed by atoms with van der Waals surface area (Å²) in [6, 6.07) is 8.47. The predicted molar refractivity (Wildman–Crippen MR) is 111 cm³/mol. The number of aliphatic imine (C=N–C) groups is 1. The van der Waals surface area contributed by atoms with E-state index in [1.165, 1.54) is 11.1 Å². The van der Waals surface area contributed by atoms with E-state index >= 15 is 0 Å². The number of hydrogen-bond donors (Lipinski definition) is 3. The van der Waals surface area contributed by atoms with Crippen LogP contribution in [-0.4, -0.2) is 38.3 Å². The van der Waals surface area contributed by atoms with Crippen molar-refractivity contribution in [3.05, 3.63) is 35.4 Å². The van der Waals surface area contributed by atoms with Gasteiger partial charge in [0.25, 0.3) is 0 Å². The number of amides is 1. The van der Waals surface area contributed by atoms with Gasteiger partial charge in [-0.25, -0.2) is 4.79 Å². The summed E-state index contributed by atoms with van der Waals surface area (Å²) < 4.78 is 4.97. The van der Waals surface area contributed by atoms with Crippen molar-refractivity contribution in [2.45, 2.75) is 39.3 Å². The number of alkyl carbamates (subject to hydrolysis) is 1. The first-order valence-corrected chi connectivity index (χ1v) is 8.55. The number of rotatable bonds is 7. The molecule has 2 rings (SSSR count). The third kappa shape index (κ3) is 7.94. The van der Waals surface area contributed by atoms with E-state index in [9.17, 15) is 4.79 Å². The molecule has 140 valence electrons. The van der Waals surface area contributed by atoms with E-state index in [4.69, 9.17) is 4.74 Å². The zero-order valence-electron chi connectivity index (χ0n) is 15.2. The van der Waals surface area contributed by atoms with Gasteiger partial charge in [0.05, 0.1) is 12.6 Å². The summed E-state index contributed by atoms with van der Waals surface area (Å²) in [6.45, 7) is 5.61. The number of nitrogens with zero attached hydrogens (tertiary/aromatic N) is 1. The van der Waals surface area contributed by atoms with E-state index in [0.29, 0.717) is 25.6 Å². The summed E-state index contributed by atoms with van der Waals surface area (Å²) in [5.41, 5.74) is 2.45. The first-order valence-electron chi connectivity index (χ1n) is 8.55. The molecule has 3 N–H and O–H groups in total. The zero-order chi connectivity index (χ0) is 17.4. The number of benzene rings is 1. The largest absolute Gasteiger partial charge is 0.450 e. The number of halogens is 1. The zero-order valence-corrected chi connectivity index (χ0v) is 17.5. The molecule has 0 bridgehead atoms. The second-order valence-electron chi connectivity index (χ2n) is 6.10. The summed E-state index contributed by atoms with van der Waals surface area (Å²) >= 11 is 0. The molecule has 1 aromatic carbocycles. The van der Waals surface area contributed by atoms with Crippen molar-refractivity contribution in [2.24, 2.45) is 10.9 Å². The van der Waals surface area contributed by atoms with Gasteiger partial charge in [-0.15, -0.1) is 24.0 Å². The van der Waals surface area contributed by atoms with Gasteiger partial charge in [0.1, 0.15) is 0 Å². The molecule has 1 amide bonds. The second-order valence-corrected chi connectivity index (χ2v) is 6.10. The van der Waals surface area contributed by atoms with E-state index in [1.807, 2.05) is 0 Å². The van der Waals surface area contributed by atoms with Crippen molar-refractivity contribution in [1.29, 1.82) is 0 Å². The molecule has 1 aliphatic rings. The Hall–Kier alpha value is -1.51. The van der Waals surface area contributed by atoms with Crippen molar-refractivity contribution < 1.29 is 9.53 Å². The monoisotopic (exact) mass is 460 g/mol. The second kappa shape index (κ2) is 11.2. The molecular formula is C18H29IN4O2. The van der Waals surface area contributed by atoms with Crippen LogP contribution in [0.15, 0.2) is 29.3 Å². The van der Waals surface area contributed by atoms with Gasteiger partial charge in [0, 0.05) is 20.1 Å². The molecule has 1 unspecified atom stereocenters. The smallest absolute Gasteiger partial charge is 0.407 e. The molecule has 0 aromatic heterocycles. The molecule has 1 fully saturated rings. The summed E-state index contributed by atoms with van der Waals surface area (Å²) in [4.78, 5) is 15.9. The number of ether oxygens (including phenoxy) is 1. The number of nitrogens with one attached hydrogen (secondary N) is 3. The highest BCUT2D eigenvalue weighted by molar-refractivity contribution is 14.0. The Morgan fingerprint density at radius 3 is 2.52 bits per heavy atom. The topological polar surface area (TPSA) is 74.8 Å². The molecule has 1 saturated carbocycles. The van der Waals surface area contributed by atoms with Crippen molar-refractivity contribution in [3.63, 3.8) is 0 Å². The van der Waals surface area contributed by atoms with Gasteiger partial charge >= 0.3 is 6.09 Å².